The number of hydrogen-bond acceptors (Lipinski definition) is 6. The third kappa shape index (κ3) is 3.90. The number of carbonyl (C=O) groups is 4. The maximum atomic E-state index is 12.4. The van der Waals surface area contributed by atoms with Crippen LogP contribution in [0.1, 0.15) is 32.1 Å². The van der Waals surface area contributed by atoms with Crippen LogP contribution in [-0.4, -0.2) is 47.8 Å². The van der Waals surface area contributed by atoms with Gasteiger partial charge in [-0.05, 0) is 25.0 Å². The monoisotopic (exact) mass is 401 g/mol. The van der Waals surface area contributed by atoms with Crippen LogP contribution in [-0.2, 0) is 19.2 Å². The van der Waals surface area contributed by atoms with E-state index >= 15 is 0 Å². The van der Waals surface area contributed by atoms with E-state index < -0.39 is 17.9 Å². The van der Waals surface area contributed by atoms with Crippen molar-refractivity contribution in [2.75, 3.05) is 13.2 Å². The minimum Gasteiger partial charge on any atom is -0.485 e. The molecule has 9 heteroatoms. The van der Waals surface area contributed by atoms with Gasteiger partial charge in [-0.15, -0.1) is 0 Å². The fourth-order valence-corrected chi connectivity index (χ4v) is 4.09. The number of carbonyl (C=O) groups excluding carboxylic acids is 4. The molecule has 1 saturated heterocycles. The van der Waals surface area contributed by atoms with Gasteiger partial charge in [0.15, 0.2) is 11.5 Å². The SMILES string of the molecule is O=C(CCN1C(=O)[C@H]2CCCC[C@@H]2C1=O)NNC(=O)[C@H]1COc2ccccc2O1. The lowest BCUT2D eigenvalue weighted by Crippen LogP contribution is -2.51. The zero-order valence-corrected chi connectivity index (χ0v) is 15.9. The number of nitrogens with one attached hydrogen (secondary N) is 2. The number of hydrogen-bond donors (Lipinski definition) is 2. The number of rotatable bonds is 4. The summed E-state index contributed by atoms with van der Waals surface area (Å²) in [6.07, 6.45) is 2.41. The van der Waals surface area contributed by atoms with E-state index in [4.69, 9.17) is 9.47 Å². The highest BCUT2D eigenvalue weighted by Crippen LogP contribution is 2.38. The predicted octanol–water partition coefficient (Wildman–Crippen LogP) is 0.539. The van der Waals surface area contributed by atoms with Gasteiger partial charge in [0.25, 0.3) is 5.91 Å². The van der Waals surface area contributed by atoms with Crippen molar-refractivity contribution in [1.29, 1.82) is 0 Å². The first-order chi connectivity index (χ1) is 14.0. The smallest absolute Gasteiger partial charge is 0.283 e. The molecule has 1 aromatic carbocycles. The Balaban J connectivity index is 1.23. The number of amides is 4. The van der Waals surface area contributed by atoms with Crippen LogP contribution in [0.3, 0.4) is 0 Å². The summed E-state index contributed by atoms with van der Waals surface area (Å²) in [5.74, 6) is -0.849. The minimum absolute atomic E-state index is 0.0167. The average molecular weight is 401 g/mol. The molecule has 3 aliphatic rings. The van der Waals surface area contributed by atoms with E-state index in [0.29, 0.717) is 11.5 Å². The Morgan fingerprint density at radius 2 is 1.66 bits per heavy atom. The van der Waals surface area contributed by atoms with E-state index in [9.17, 15) is 19.2 Å². The van der Waals surface area contributed by atoms with E-state index in [0.717, 1.165) is 25.7 Å². The van der Waals surface area contributed by atoms with Gasteiger partial charge < -0.3 is 9.47 Å². The zero-order chi connectivity index (χ0) is 20.4. The molecule has 0 bridgehead atoms. The lowest BCUT2D eigenvalue weighted by molar-refractivity contribution is -0.141. The van der Waals surface area contributed by atoms with Gasteiger partial charge in [-0.2, -0.15) is 0 Å². The molecule has 1 saturated carbocycles. The van der Waals surface area contributed by atoms with Crippen molar-refractivity contribution < 1.29 is 28.7 Å². The van der Waals surface area contributed by atoms with Gasteiger partial charge in [0.2, 0.25) is 23.8 Å². The Kier molecular flexibility index (Phi) is 5.37. The Bertz CT molecular complexity index is 817. The molecule has 154 valence electrons. The maximum Gasteiger partial charge on any atom is 0.283 e. The van der Waals surface area contributed by atoms with Crippen LogP contribution in [0.25, 0.3) is 0 Å². The molecule has 0 radical (unpaired) electrons. The fourth-order valence-electron chi connectivity index (χ4n) is 4.09. The topological polar surface area (TPSA) is 114 Å². The van der Waals surface area contributed by atoms with Crippen molar-refractivity contribution in [2.45, 2.75) is 38.2 Å². The van der Waals surface area contributed by atoms with Crippen LogP contribution >= 0.6 is 0 Å². The summed E-state index contributed by atoms with van der Waals surface area (Å²) >= 11 is 0. The van der Waals surface area contributed by atoms with E-state index in [1.54, 1.807) is 24.3 Å². The van der Waals surface area contributed by atoms with E-state index in [2.05, 4.69) is 10.9 Å². The Labute approximate surface area is 167 Å². The summed E-state index contributed by atoms with van der Waals surface area (Å²) in [6.45, 7) is 0.0427. The molecule has 0 unspecified atom stereocenters. The first-order valence-corrected chi connectivity index (χ1v) is 9.87. The minimum atomic E-state index is -0.893. The van der Waals surface area contributed by atoms with E-state index in [1.165, 1.54) is 4.90 Å². The molecule has 0 aromatic heterocycles. The summed E-state index contributed by atoms with van der Waals surface area (Å²) in [6, 6.07) is 6.99. The molecular formula is C20H23N3O6. The number of para-hydroxylation sites is 2. The number of hydrazine groups is 1. The third-order valence-electron chi connectivity index (χ3n) is 5.62. The van der Waals surface area contributed by atoms with Gasteiger partial charge in [0.05, 0.1) is 11.8 Å². The van der Waals surface area contributed by atoms with E-state index in [1.807, 2.05) is 0 Å². The second-order valence-electron chi connectivity index (χ2n) is 7.48. The van der Waals surface area contributed by atoms with E-state index in [-0.39, 0.29) is 43.2 Å². The Hall–Kier alpha value is -3.10. The van der Waals surface area contributed by atoms with Crippen LogP contribution < -0.4 is 20.3 Å². The highest BCUT2D eigenvalue weighted by Gasteiger charge is 2.47. The number of imide groups is 1. The van der Waals surface area contributed by atoms with Crippen LogP contribution in [0.5, 0.6) is 11.5 Å². The fraction of sp³-hybridized carbons (Fsp3) is 0.500. The standard InChI is InChI=1S/C20H23N3O6/c24-17(9-10-23-19(26)12-5-1-2-6-13(12)20(23)27)21-22-18(25)16-11-28-14-7-3-4-8-15(14)29-16/h3-4,7-8,12-13,16H,1-2,5-6,9-11H2,(H,21,24)(H,22,25)/t12-,13-,16+/m0/s1. The molecule has 2 N–H and O–H groups in total. The third-order valence-corrected chi connectivity index (χ3v) is 5.62. The van der Waals surface area contributed by atoms with Crippen molar-refractivity contribution in [2.24, 2.45) is 11.8 Å². The molecule has 0 spiro atoms. The second-order valence-corrected chi connectivity index (χ2v) is 7.48. The van der Waals surface area contributed by atoms with Gasteiger partial charge in [-0.25, -0.2) is 0 Å². The summed E-state index contributed by atoms with van der Waals surface area (Å²) in [5, 5.41) is 0. The molecule has 3 atom stereocenters. The molecule has 1 aliphatic carbocycles. The highest BCUT2D eigenvalue weighted by molar-refractivity contribution is 6.05. The lowest BCUT2D eigenvalue weighted by Gasteiger charge is -2.25. The van der Waals surface area contributed by atoms with Crippen molar-refractivity contribution in [3.63, 3.8) is 0 Å². The first-order valence-electron chi connectivity index (χ1n) is 9.87. The van der Waals surface area contributed by atoms with Gasteiger partial charge in [-0.3, -0.25) is 34.9 Å². The maximum absolute atomic E-state index is 12.4. The van der Waals surface area contributed by atoms with Crippen molar-refractivity contribution in [3.05, 3.63) is 24.3 Å². The second kappa shape index (κ2) is 8.10. The summed E-state index contributed by atoms with van der Waals surface area (Å²) in [4.78, 5) is 50.3. The molecule has 1 aromatic rings. The van der Waals surface area contributed by atoms with Crippen molar-refractivity contribution >= 4 is 23.6 Å². The molecule has 2 aliphatic heterocycles. The number of benzene rings is 1. The summed E-state index contributed by atoms with van der Waals surface area (Å²) in [5.41, 5.74) is 4.60. The molecule has 9 nitrogen and oxygen atoms in total. The van der Waals surface area contributed by atoms with Crippen LogP contribution in [0.2, 0.25) is 0 Å². The van der Waals surface area contributed by atoms with Crippen LogP contribution in [0, 0.1) is 11.8 Å². The number of ether oxygens (including phenoxy) is 2. The molecule has 2 fully saturated rings. The van der Waals surface area contributed by atoms with Crippen molar-refractivity contribution in [3.8, 4) is 11.5 Å². The molecular weight excluding hydrogens is 378 g/mol. The quantitative estimate of drug-likeness (QED) is 0.562. The number of nitrogens with zero attached hydrogens (tertiary/aromatic N) is 1. The molecule has 4 amide bonds. The van der Waals surface area contributed by atoms with Crippen molar-refractivity contribution in [1.82, 2.24) is 15.8 Å². The number of fused-ring (bicyclic) bond motifs is 2. The molecule has 29 heavy (non-hydrogen) atoms. The molecule has 4 rings (SSSR count). The van der Waals surface area contributed by atoms with Crippen LogP contribution in [0.15, 0.2) is 24.3 Å². The Morgan fingerprint density at radius 1 is 1.00 bits per heavy atom. The largest absolute Gasteiger partial charge is 0.485 e. The summed E-state index contributed by atoms with van der Waals surface area (Å²) in [7, 11) is 0. The van der Waals surface area contributed by atoms with Gasteiger partial charge >= 0.3 is 0 Å². The first kappa shape index (κ1) is 19.2. The predicted molar refractivity (Wildman–Crippen MR) is 99.4 cm³/mol. The van der Waals surface area contributed by atoms with Gasteiger partial charge in [0, 0.05) is 13.0 Å². The van der Waals surface area contributed by atoms with Crippen LogP contribution in [0.4, 0.5) is 0 Å². The zero-order valence-electron chi connectivity index (χ0n) is 15.9. The highest BCUT2D eigenvalue weighted by atomic mass is 16.6. The normalized spacial score (nSPS) is 25.4. The molecule has 2 heterocycles. The van der Waals surface area contributed by atoms with Gasteiger partial charge in [-0.1, -0.05) is 25.0 Å². The number of likely N-dealkylation sites (tertiary alicyclic amines) is 1. The lowest BCUT2D eigenvalue weighted by atomic mass is 9.81. The Morgan fingerprint density at radius 3 is 2.34 bits per heavy atom. The summed E-state index contributed by atoms with van der Waals surface area (Å²) < 4.78 is 11.0. The average Bonchev–Trinajstić information content (AvgIpc) is 3.00. The van der Waals surface area contributed by atoms with Gasteiger partial charge in [0.1, 0.15) is 6.61 Å².